The highest BCUT2D eigenvalue weighted by Crippen LogP contribution is 2.67. The Morgan fingerprint density at radius 1 is 0.850 bits per heavy atom. The van der Waals surface area contributed by atoms with Crippen LogP contribution in [0.5, 0.6) is 0 Å². The molecule has 1 saturated carbocycles. The highest BCUT2D eigenvalue weighted by Gasteiger charge is 2.86. The zero-order valence-electron chi connectivity index (χ0n) is 24.5. The Bertz CT molecular complexity index is 808. The van der Waals surface area contributed by atoms with Crippen LogP contribution in [0.2, 0.25) is 0 Å². The first-order valence-corrected chi connectivity index (χ1v) is 14.7. The third-order valence-electron chi connectivity index (χ3n) is 7.70. The highest BCUT2D eigenvalue weighted by molar-refractivity contribution is 5.42. The Morgan fingerprint density at radius 3 is 2.08 bits per heavy atom. The van der Waals surface area contributed by atoms with Gasteiger partial charge in [0.1, 0.15) is 40.9 Å². The maximum Gasteiger partial charge on any atom is 0.139 e. The van der Waals surface area contributed by atoms with Crippen LogP contribution < -0.4 is 0 Å². The Labute approximate surface area is 238 Å². The van der Waals surface area contributed by atoms with Crippen LogP contribution in [-0.2, 0) is 18.9 Å². The summed E-state index contributed by atoms with van der Waals surface area (Å²) < 4.78 is 30.5. The molecule has 11 heteroatoms. The summed E-state index contributed by atoms with van der Waals surface area (Å²) in [5, 5.41) is 64.9. The van der Waals surface area contributed by atoms with Gasteiger partial charge in [-0.1, -0.05) is 40.5 Å². The highest BCUT2D eigenvalue weighted by atomic mass is 16.6. The van der Waals surface area contributed by atoms with Crippen molar-refractivity contribution in [2.45, 2.75) is 113 Å². The van der Waals surface area contributed by atoms with Crippen LogP contribution in [0, 0.1) is 0 Å². The predicted molar refractivity (Wildman–Crippen MR) is 147 cm³/mol. The number of furan rings is 1. The van der Waals surface area contributed by atoms with E-state index in [1.807, 2.05) is 27.7 Å². The van der Waals surface area contributed by atoms with E-state index in [4.69, 9.17) is 23.4 Å². The third-order valence-corrected chi connectivity index (χ3v) is 7.70. The molecule has 0 aromatic carbocycles. The summed E-state index contributed by atoms with van der Waals surface area (Å²) in [6, 6.07) is 3.35. The number of hydrogen-bond acceptors (Lipinski definition) is 11. The molecule has 234 valence electrons. The summed E-state index contributed by atoms with van der Waals surface area (Å²) >= 11 is 0. The zero-order valence-corrected chi connectivity index (χ0v) is 24.5. The second-order valence-electron chi connectivity index (χ2n) is 10.7. The lowest BCUT2D eigenvalue weighted by Crippen LogP contribution is -2.91. The Hall–Kier alpha value is -1.12. The van der Waals surface area contributed by atoms with Crippen molar-refractivity contribution < 1.29 is 54.0 Å². The Morgan fingerprint density at radius 2 is 1.52 bits per heavy atom. The molecule has 6 N–H and O–H groups in total. The van der Waals surface area contributed by atoms with Gasteiger partial charge in [-0.15, -0.1) is 0 Å². The van der Waals surface area contributed by atoms with Gasteiger partial charge in [0.2, 0.25) is 0 Å². The van der Waals surface area contributed by atoms with E-state index in [0.29, 0.717) is 44.7 Å². The molecule has 1 fully saturated rings. The van der Waals surface area contributed by atoms with Crippen LogP contribution >= 0.6 is 0 Å². The maximum absolute atomic E-state index is 12.8. The summed E-state index contributed by atoms with van der Waals surface area (Å²) in [5.41, 5.74) is -5.67. The number of ether oxygens (including phenoxy) is 4. The minimum Gasteiger partial charge on any atom is -0.469 e. The average Bonchev–Trinajstić information content (AvgIpc) is 3.48. The predicted octanol–water partition coefficient (Wildman–Crippen LogP) is 1.51. The number of aliphatic hydroxyl groups excluding tert-OH is 4. The minimum absolute atomic E-state index is 0.00540. The largest absolute Gasteiger partial charge is 0.469 e. The van der Waals surface area contributed by atoms with Gasteiger partial charge in [0.05, 0.1) is 51.3 Å². The van der Waals surface area contributed by atoms with E-state index < -0.39 is 60.4 Å². The van der Waals surface area contributed by atoms with Crippen LogP contribution in [0.25, 0.3) is 0 Å². The van der Waals surface area contributed by atoms with Crippen LogP contribution in [0.1, 0.15) is 77.9 Å². The molecule has 1 aliphatic carbocycles. The molecular weight excluding hydrogens is 524 g/mol. The van der Waals surface area contributed by atoms with Gasteiger partial charge in [0.15, 0.2) is 0 Å². The third kappa shape index (κ3) is 6.91. The molecule has 2 rings (SSSR count). The van der Waals surface area contributed by atoms with E-state index in [1.54, 1.807) is 12.1 Å². The van der Waals surface area contributed by atoms with Gasteiger partial charge in [-0.05, 0) is 37.8 Å². The molecule has 8 atom stereocenters. The average molecular weight is 577 g/mol. The lowest BCUT2D eigenvalue weighted by atomic mass is 9.41. The summed E-state index contributed by atoms with van der Waals surface area (Å²) in [7, 11) is 0. The zero-order chi connectivity index (χ0) is 29.8. The molecule has 0 aliphatic heterocycles. The molecule has 1 heterocycles. The second-order valence-corrected chi connectivity index (χ2v) is 10.7. The van der Waals surface area contributed by atoms with Crippen molar-refractivity contribution in [3.8, 4) is 0 Å². The van der Waals surface area contributed by atoms with Gasteiger partial charge < -0.3 is 54.0 Å². The summed E-state index contributed by atoms with van der Waals surface area (Å²) in [5.74, 6) is -0.734. The van der Waals surface area contributed by atoms with E-state index in [-0.39, 0.29) is 26.2 Å². The van der Waals surface area contributed by atoms with Crippen molar-refractivity contribution in [1.29, 1.82) is 0 Å². The normalized spacial score (nSPS) is 29.6. The molecule has 40 heavy (non-hydrogen) atoms. The minimum atomic E-state index is -2.00. The van der Waals surface area contributed by atoms with Crippen LogP contribution in [-0.4, -0.2) is 118 Å². The monoisotopic (exact) mass is 576 g/mol. The molecule has 1 aliphatic rings. The van der Waals surface area contributed by atoms with Crippen molar-refractivity contribution in [3.05, 3.63) is 24.2 Å². The molecule has 1 aromatic heterocycles. The van der Waals surface area contributed by atoms with Crippen LogP contribution in [0.15, 0.2) is 22.8 Å². The lowest BCUT2D eigenvalue weighted by Gasteiger charge is -2.72. The smallest absolute Gasteiger partial charge is 0.139 e. The Balaban J connectivity index is 2.80. The first-order chi connectivity index (χ1) is 19.2. The fraction of sp³-hybridized carbons (Fsp3) is 0.862. The van der Waals surface area contributed by atoms with E-state index in [9.17, 15) is 30.6 Å². The van der Waals surface area contributed by atoms with Gasteiger partial charge in [-0.3, -0.25) is 0 Å². The summed E-state index contributed by atoms with van der Waals surface area (Å²) in [6.07, 6.45) is 0.00820. The molecule has 0 bridgehead atoms. The molecule has 1 aromatic rings. The first kappa shape index (κ1) is 35.1. The number of aliphatic hydroxyl groups is 6. The maximum atomic E-state index is 12.8. The number of rotatable bonds is 22. The fourth-order valence-electron chi connectivity index (χ4n) is 6.03. The van der Waals surface area contributed by atoms with Gasteiger partial charge >= 0.3 is 0 Å². The van der Waals surface area contributed by atoms with Crippen molar-refractivity contribution >= 4 is 0 Å². The molecule has 0 saturated heterocycles. The van der Waals surface area contributed by atoms with Gasteiger partial charge in [-0.2, -0.15) is 0 Å². The van der Waals surface area contributed by atoms with Crippen LogP contribution in [0.4, 0.5) is 0 Å². The van der Waals surface area contributed by atoms with Crippen molar-refractivity contribution in [3.63, 3.8) is 0 Å². The Kier molecular flexibility index (Phi) is 14.5. The molecule has 0 spiro atoms. The van der Waals surface area contributed by atoms with E-state index >= 15 is 0 Å². The summed E-state index contributed by atoms with van der Waals surface area (Å²) in [6.45, 7) is 6.73. The van der Waals surface area contributed by atoms with E-state index in [2.05, 4.69) is 0 Å². The second kappa shape index (κ2) is 16.5. The van der Waals surface area contributed by atoms with Gasteiger partial charge in [0.25, 0.3) is 0 Å². The quantitative estimate of drug-likeness (QED) is 0.111. The summed E-state index contributed by atoms with van der Waals surface area (Å²) in [4.78, 5) is 0. The standard InChI is InChI=1S/C29H52O11/c1-5-10-24(39-18-21(32)16-30)29(40-19-22(33)17-31)26(23-11-9-15-37-23)28(35,27(29,34)12-6-2)25(38-14-8-4)20-36-13-7-3/h9,11,15,21-22,24-26,30-35H,5-8,10,12-14,16-20H2,1-4H3/t21?,22?,24?,25-,26?,27+,28+,29-/m1/s1. The fourth-order valence-corrected chi connectivity index (χ4v) is 6.03. The SMILES string of the molecule is CCCOC[C@@H](OCCC)[C@]1(O)C(c2ccco2)[C@](OCC(O)CO)(C(CCC)OCC(O)CO)[C@]1(O)CCC. The van der Waals surface area contributed by atoms with Gasteiger partial charge in [0, 0.05) is 13.2 Å². The van der Waals surface area contributed by atoms with E-state index in [1.165, 1.54) is 6.26 Å². The first-order valence-electron chi connectivity index (χ1n) is 14.7. The molecule has 0 radical (unpaired) electrons. The number of hydrogen-bond donors (Lipinski definition) is 6. The topological polar surface area (TPSA) is 171 Å². The molecular formula is C29H52O11. The van der Waals surface area contributed by atoms with Crippen molar-refractivity contribution in [1.82, 2.24) is 0 Å². The molecule has 0 amide bonds. The van der Waals surface area contributed by atoms with E-state index in [0.717, 1.165) is 6.42 Å². The van der Waals surface area contributed by atoms with Crippen molar-refractivity contribution in [2.24, 2.45) is 0 Å². The van der Waals surface area contributed by atoms with Crippen molar-refractivity contribution in [2.75, 3.05) is 46.2 Å². The van der Waals surface area contributed by atoms with Gasteiger partial charge in [-0.25, -0.2) is 0 Å². The molecule has 11 nitrogen and oxygen atoms in total. The molecule has 4 unspecified atom stereocenters. The lowest BCUT2D eigenvalue weighted by molar-refractivity contribution is -0.419. The van der Waals surface area contributed by atoms with Crippen LogP contribution in [0.3, 0.4) is 0 Å².